The summed E-state index contributed by atoms with van der Waals surface area (Å²) >= 11 is 0. The van der Waals surface area contributed by atoms with E-state index in [0.717, 1.165) is 96.5 Å². The SMILES string of the molecule is CCC1=C(C)C2=NC1=C(C)C1=CC3=C(O)CC(=C4NC(=C(c5ccccc5)C5=NC(=C2)C(C(C)O)=C5C)[C@@H](C)[C@@H]4CCC(=O)OC)C3=N1. The molecule has 3 atom stereocenters. The Balaban J connectivity index is 1.56. The summed E-state index contributed by atoms with van der Waals surface area (Å²) in [5.41, 5.74) is 15.2. The van der Waals surface area contributed by atoms with Gasteiger partial charge in [-0.3, -0.25) is 4.79 Å². The smallest absolute Gasteiger partial charge is 0.305 e. The highest BCUT2D eigenvalue weighted by atomic mass is 16.5. The summed E-state index contributed by atoms with van der Waals surface area (Å²) in [4.78, 5) is 28.1. The molecule has 7 rings (SSSR count). The molecule has 6 aliphatic rings. The van der Waals surface area contributed by atoms with E-state index >= 15 is 0 Å². The number of hydrogen-bond donors (Lipinski definition) is 3. The lowest BCUT2D eigenvalue weighted by Gasteiger charge is -2.19. The molecular weight excluding hydrogens is 600 g/mol. The van der Waals surface area contributed by atoms with Crippen molar-refractivity contribution in [2.45, 2.75) is 73.3 Å². The van der Waals surface area contributed by atoms with Crippen molar-refractivity contribution in [3.63, 3.8) is 0 Å². The van der Waals surface area contributed by atoms with Crippen LogP contribution in [-0.2, 0) is 9.53 Å². The van der Waals surface area contributed by atoms with Crippen molar-refractivity contribution in [3.05, 3.63) is 121 Å². The number of carbonyl (C=O) groups excluding carboxylic acids is 1. The highest BCUT2D eigenvalue weighted by molar-refractivity contribution is 6.34. The van der Waals surface area contributed by atoms with Gasteiger partial charge in [-0.15, -0.1) is 0 Å². The maximum Gasteiger partial charge on any atom is 0.305 e. The van der Waals surface area contributed by atoms with Gasteiger partial charge in [-0.05, 0) is 75.0 Å². The van der Waals surface area contributed by atoms with E-state index in [1.165, 1.54) is 7.11 Å². The summed E-state index contributed by atoms with van der Waals surface area (Å²) in [6, 6.07) is 10.2. The number of fused-ring (bicyclic) bond motifs is 5. The quantitative estimate of drug-likeness (QED) is 0.278. The number of benzene rings is 1. The molecule has 5 heterocycles. The lowest BCUT2D eigenvalue weighted by atomic mass is 9.83. The second-order valence-electron chi connectivity index (χ2n) is 13.3. The number of nitrogens with zero attached hydrogens (tertiary/aromatic N) is 3. The summed E-state index contributed by atoms with van der Waals surface area (Å²) in [5, 5.41) is 26.3. The topological polar surface area (TPSA) is 116 Å². The summed E-state index contributed by atoms with van der Waals surface area (Å²) in [7, 11) is 1.42. The third-order valence-electron chi connectivity index (χ3n) is 10.6. The molecule has 8 heteroatoms. The Bertz CT molecular complexity index is 2020. The van der Waals surface area contributed by atoms with Crippen LogP contribution in [0, 0.1) is 11.8 Å². The van der Waals surface area contributed by atoms with E-state index in [4.69, 9.17) is 19.7 Å². The van der Waals surface area contributed by atoms with Crippen LogP contribution in [0.2, 0.25) is 0 Å². The first kappa shape index (κ1) is 31.8. The molecule has 8 nitrogen and oxygen atoms in total. The molecular formula is C40H42N4O4. The lowest BCUT2D eigenvalue weighted by Crippen LogP contribution is -2.16. The molecule has 5 aliphatic heterocycles. The summed E-state index contributed by atoms with van der Waals surface area (Å²) < 4.78 is 5.06. The van der Waals surface area contributed by atoms with Crippen molar-refractivity contribution in [3.8, 4) is 0 Å². The number of nitrogens with one attached hydrogen (secondary N) is 1. The van der Waals surface area contributed by atoms with Crippen LogP contribution in [0.4, 0.5) is 0 Å². The zero-order chi connectivity index (χ0) is 34.0. The summed E-state index contributed by atoms with van der Waals surface area (Å²) in [6.07, 6.45) is 5.20. The molecule has 1 saturated heterocycles. The highest BCUT2D eigenvalue weighted by Crippen LogP contribution is 2.48. The molecule has 0 aromatic heterocycles. The van der Waals surface area contributed by atoms with Crippen LogP contribution in [-0.4, -0.2) is 46.5 Å². The van der Waals surface area contributed by atoms with Gasteiger partial charge in [-0.25, -0.2) is 15.0 Å². The van der Waals surface area contributed by atoms with Crippen LogP contribution in [0.1, 0.15) is 72.8 Å². The third kappa shape index (κ3) is 4.93. The number of allylic oxidation sites excluding steroid dienone is 11. The van der Waals surface area contributed by atoms with E-state index in [0.29, 0.717) is 18.5 Å². The van der Waals surface area contributed by atoms with Gasteiger partial charge in [-0.1, -0.05) is 44.2 Å². The summed E-state index contributed by atoms with van der Waals surface area (Å²) in [6.45, 7) is 12.3. The Hall–Kier alpha value is -4.82. The molecule has 8 bridgehead atoms. The Labute approximate surface area is 281 Å². The van der Waals surface area contributed by atoms with E-state index < -0.39 is 6.10 Å². The van der Waals surface area contributed by atoms with Crippen LogP contribution in [0.3, 0.4) is 0 Å². The van der Waals surface area contributed by atoms with E-state index in [2.05, 4.69) is 38.2 Å². The first-order valence-electron chi connectivity index (χ1n) is 16.8. The van der Waals surface area contributed by atoms with Gasteiger partial charge in [0.1, 0.15) is 5.76 Å². The van der Waals surface area contributed by atoms with Gasteiger partial charge in [-0.2, -0.15) is 0 Å². The second-order valence-corrected chi connectivity index (χ2v) is 13.3. The van der Waals surface area contributed by atoms with E-state index in [-0.39, 0.29) is 30.0 Å². The second kappa shape index (κ2) is 12.0. The number of aliphatic hydroxyl groups excluding tert-OH is 2. The molecule has 0 saturated carbocycles. The maximum atomic E-state index is 12.5. The van der Waals surface area contributed by atoms with Crippen LogP contribution in [0.15, 0.2) is 131 Å². The van der Waals surface area contributed by atoms with Crippen molar-refractivity contribution >= 4 is 28.7 Å². The van der Waals surface area contributed by atoms with Gasteiger partial charge in [0.2, 0.25) is 0 Å². The number of ether oxygens (including phenoxy) is 1. The molecule has 0 radical (unpaired) electrons. The first-order valence-corrected chi connectivity index (χ1v) is 16.8. The van der Waals surface area contributed by atoms with Gasteiger partial charge in [0.05, 0.1) is 47.4 Å². The van der Waals surface area contributed by atoms with Crippen LogP contribution in [0.25, 0.3) is 5.57 Å². The van der Waals surface area contributed by atoms with Gasteiger partial charge >= 0.3 is 5.97 Å². The van der Waals surface area contributed by atoms with E-state index in [1.807, 2.05) is 44.2 Å². The number of rotatable bonds is 6. The van der Waals surface area contributed by atoms with Crippen molar-refractivity contribution in [2.24, 2.45) is 26.8 Å². The van der Waals surface area contributed by atoms with Crippen LogP contribution < -0.4 is 5.32 Å². The standard InChI is InChI=1S/C40H42N4O4/c1-8-25-19(2)30-18-31-34(23(6)45)22(5)38(43-31)35(24-12-10-9-11-13-24)37-20(3)26(14-15-33(47)48-7)39(44-37)28-17-32(46)27-16-29(42-40(27)28)21(4)36(25)41-30/h9-13,16,18,20,23,26,44-46H,8,14-15,17H2,1-7H3/t20-,23?,26-/m0/s1. The van der Waals surface area contributed by atoms with Gasteiger partial charge in [0, 0.05) is 63.9 Å². The molecule has 48 heavy (non-hydrogen) atoms. The van der Waals surface area contributed by atoms with Crippen molar-refractivity contribution < 1.29 is 19.7 Å². The monoisotopic (exact) mass is 642 g/mol. The van der Waals surface area contributed by atoms with Gasteiger partial charge < -0.3 is 20.3 Å². The number of aliphatic imine (C=N–C) groups is 3. The number of esters is 1. The first-order chi connectivity index (χ1) is 23.0. The van der Waals surface area contributed by atoms with E-state index in [9.17, 15) is 15.0 Å². The zero-order valence-corrected chi connectivity index (χ0v) is 28.7. The highest BCUT2D eigenvalue weighted by Gasteiger charge is 2.42. The molecule has 1 aromatic carbocycles. The van der Waals surface area contributed by atoms with E-state index in [1.54, 1.807) is 6.92 Å². The minimum absolute atomic E-state index is 0.0382. The number of methoxy groups -OCH3 is 1. The zero-order valence-electron chi connectivity index (χ0n) is 28.7. The Morgan fingerprint density at radius 2 is 1.73 bits per heavy atom. The third-order valence-corrected chi connectivity index (χ3v) is 10.6. The molecule has 1 unspecified atom stereocenters. The Morgan fingerprint density at radius 3 is 2.42 bits per heavy atom. The predicted molar refractivity (Wildman–Crippen MR) is 190 cm³/mol. The van der Waals surface area contributed by atoms with Gasteiger partial charge in [0.25, 0.3) is 0 Å². The average molecular weight is 643 g/mol. The lowest BCUT2D eigenvalue weighted by molar-refractivity contribution is -0.140. The van der Waals surface area contributed by atoms with Crippen molar-refractivity contribution in [1.82, 2.24) is 5.32 Å². The largest absolute Gasteiger partial charge is 0.511 e. The van der Waals surface area contributed by atoms with Crippen LogP contribution >= 0.6 is 0 Å². The Kier molecular flexibility index (Phi) is 7.95. The fourth-order valence-corrected chi connectivity index (χ4v) is 8.02. The minimum atomic E-state index is -0.753. The predicted octanol–water partition coefficient (Wildman–Crippen LogP) is 7.52. The molecule has 0 spiro atoms. The molecule has 1 aromatic rings. The fraction of sp³-hybridized carbons (Fsp3) is 0.350. The average Bonchev–Trinajstić information content (AvgIpc) is 3.86. The van der Waals surface area contributed by atoms with Gasteiger partial charge in [0.15, 0.2) is 0 Å². The molecule has 0 amide bonds. The maximum absolute atomic E-state index is 12.5. The van der Waals surface area contributed by atoms with Crippen molar-refractivity contribution in [1.29, 1.82) is 0 Å². The van der Waals surface area contributed by atoms with Crippen LogP contribution in [0.5, 0.6) is 0 Å². The number of hydrogen-bond acceptors (Lipinski definition) is 8. The molecule has 246 valence electrons. The molecule has 1 aliphatic carbocycles. The number of aliphatic hydroxyl groups is 2. The van der Waals surface area contributed by atoms with Crippen molar-refractivity contribution in [2.75, 3.05) is 7.11 Å². The molecule has 3 N–H and O–H groups in total. The summed E-state index contributed by atoms with van der Waals surface area (Å²) in [5.74, 6) is -0.0787. The Morgan fingerprint density at radius 1 is 1.00 bits per heavy atom. The normalized spacial score (nSPS) is 24.0. The molecule has 1 fully saturated rings. The minimum Gasteiger partial charge on any atom is -0.511 e. The number of carbonyl (C=O) groups is 1. The fourth-order valence-electron chi connectivity index (χ4n) is 8.02.